The molecule has 168 valence electrons. The van der Waals surface area contributed by atoms with Crippen LogP contribution in [0.25, 0.3) is 16.7 Å². The third-order valence-corrected chi connectivity index (χ3v) is 6.62. The fraction of sp³-hybridized carbons (Fsp3) is 0.304. The average Bonchev–Trinajstić information content (AvgIpc) is 3.67. The number of esters is 1. The van der Waals surface area contributed by atoms with Crippen molar-refractivity contribution < 1.29 is 9.53 Å². The highest BCUT2D eigenvalue weighted by Crippen LogP contribution is 2.40. The van der Waals surface area contributed by atoms with E-state index in [0.717, 1.165) is 18.5 Å². The number of aryl methyl sites for hydroxylation is 1. The van der Waals surface area contributed by atoms with Gasteiger partial charge in [0.25, 0.3) is 11.1 Å². The normalized spacial score (nSPS) is 13.5. The Bertz CT molecular complexity index is 1520. The molecule has 4 aromatic heterocycles. The number of pyridine rings is 2. The largest absolute Gasteiger partial charge is 0.465 e. The second-order valence-electron chi connectivity index (χ2n) is 7.81. The fourth-order valence-corrected chi connectivity index (χ4v) is 4.76. The van der Waals surface area contributed by atoms with Gasteiger partial charge in [0.15, 0.2) is 5.16 Å². The van der Waals surface area contributed by atoms with Crippen molar-refractivity contribution in [3.63, 3.8) is 0 Å². The summed E-state index contributed by atoms with van der Waals surface area (Å²) < 4.78 is 8.22. The van der Waals surface area contributed by atoms with Gasteiger partial charge in [-0.3, -0.25) is 14.0 Å². The Kier molecular flexibility index (Phi) is 5.45. The summed E-state index contributed by atoms with van der Waals surface area (Å²) in [5.74, 6) is 0.0643. The van der Waals surface area contributed by atoms with E-state index in [1.54, 1.807) is 24.4 Å². The van der Waals surface area contributed by atoms with Crippen LogP contribution in [-0.4, -0.2) is 37.0 Å². The number of methoxy groups -OCH3 is 1. The van der Waals surface area contributed by atoms with Crippen LogP contribution in [0.3, 0.4) is 0 Å². The Labute approximate surface area is 192 Å². The van der Waals surface area contributed by atoms with E-state index in [-0.39, 0.29) is 22.4 Å². The summed E-state index contributed by atoms with van der Waals surface area (Å²) in [6.45, 7) is 2.43. The molecular formula is C23H21N5O4S. The maximum absolute atomic E-state index is 13.0. The van der Waals surface area contributed by atoms with E-state index in [2.05, 4.69) is 9.97 Å². The first kappa shape index (κ1) is 21.3. The van der Waals surface area contributed by atoms with Gasteiger partial charge in [0.1, 0.15) is 11.3 Å². The number of hydrogen-bond donors (Lipinski definition) is 0. The fourth-order valence-electron chi connectivity index (χ4n) is 3.82. The van der Waals surface area contributed by atoms with Crippen molar-refractivity contribution in [3.8, 4) is 0 Å². The third kappa shape index (κ3) is 3.91. The maximum Gasteiger partial charge on any atom is 0.338 e. The molecule has 0 aliphatic heterocycles. The van der Waals surface area contributed by atoms with Crippen LogP contribution >= 0.6 is 11.8 Å². The standard InChI is InChI=1S/C23H21N5O4S/c1-3-27-20-19(15(22(31)32-2)11-16(25-20)13-7-8-13)21(30)26-23(27)33-12-14-10-18(29)28-9-5-4-6-17(28)24-14/h4-6,9-11,13H,3,7-8,12H2,1-2H3. The first-order valence-corrected chi connectivity index (χ1v) is 11.6. The van der Waals surface area contributed by atoms with Gasteiger partial charge in [0.2, 0.25) is 0 Å². The lowest BCUT2D eigenvalue weighted by atomic mass is 10.1. The molecule has 0 bridgehead atoms. The lowest BCUT2D eigenvalue weighted by Gasteiger charge is -2.15. The minimum absolute atomic E-state index is 0.166. The monoisotopic (exact) mass is 463 g/mol. The van der Waals surface area contributed by atoms with Crippen LogP contribution < -0.4 is 11.1 Å². The third-order valence-electron chi connectivity index (χ3n) is 5.61. The van der Waals surface area contributed by atoms with Gasteiger partial charge in [0, 0.05) is 36.2 Å². The van der Waals surface area contributed by atoms with Crippen LogP contribution in [0.5, 0.6) is 0 Å². The minimum atomic E-state index is -0.577. The van der Waals surface area contributed by atoms with E-state index < -0.39 is 11.5 Å². The van der Waals surface area contributed by atoms with Crippen molar-refractivity contribution in [3.05, 3.63) is 74.2 Å². The number of carbonyl (C=O) groups is 1. The van der Waals surface area contributed by atoms with Crippen LogP contribution in [-0.2, 0) is 17.0 Å². The number of aromatic nitrogens is 5. The van der Waals surface area contributed by atoms with Gasteiger partial charge >= 0.3 is 5.97 Å². The van der Waals surface area contributed by atoms with Gasteiger partial charge in [-0.15, -0.1) is 0 Å². The summed E-state index contributed by atoms with van der Waals surface area (Å²) in [4.78, 5) is 51.4. The second-order valence-corrected chi connectivity index (χ2v) is 8.75. The van der Waals surface area contributed by atoms with Crippen molar-refractivity contribution in [2.75, 3.05) is 7.11 Å². The molecule has 0 aromatic carbocycles. The summed E-state index contributed by atoms with van der Waals surface area (Å²) in [5.41, 5.74) is 1.85. The van der Waals surface area contributed by atoms with Crippen LogP contribution in [0.4, 0.5) is 0 Å². The first-order chi connectivity index (χ1) is 16.0. The van der Waals surface area contributed by atoms with E-state index in [1.807, 2.05) is 17.6 Å². The molecule has 0 saturated heterocycles. The molecule has 0 N–H and O–H groups in total. The van der Waals surface area contributed by atoms with Gasteiger partial charge in [-0.1, -0.05) is 17.8 Å². The molecule has 1 aliphatic rings. The molecule has 4 heterocycles. The highest BCUT2D eigenvalue weighted by molar-refractivity contribution is 7.98. The highest BCUT2D eigenvalue weighted by atomic mass is 32.2. The molecule has 10 heteroatoms. The molecule has 33 heavy (non-hydrogen) atoms. The smallest absolute Gasteiger partial charge is 0.338 e. The molecule has 1 fully saturated rings. The predicted molar refractivity (Wildman–Crippen MR) is 124 cm³/mol. The summed E-state index contributed by atoms with van der Waals surface area (Å²) in [7, 11) is 1.29. The van der Waals surface area contributed by atoms with Gasteiger partial charge < -0.3 is 9.30 Å². The lowest BCUT2D eigenvalue weighted by Crippen LogP contribution is -2.21. The molecule has 4 aromatic rings. The number of fused-ring (bicyclic) bond motifs is 2. The molecule has 0 spiro atoms. The lowest BCUT2D eigenvalue weighted by molar-refractivity contribution is 0.0602. The van der Waals surface area contributed by atoms with Gasteiger partial charge in [-0.25, -0.2) is 14.8 Å². The summed E-state index contributed by atoms with van der Waals surface area (Å²) in [5, 5.41) is 0.626. The summed E-state index contributed by atoms with van der Waals surface area (Å²) in [6, 6.07) is 8.50. The Morgan fingerprint density at radius 1 is 1.18 bits per heavy atom. The SMILES string of the molecule is CCn1c(SCc2cc(=O)n3ccccc3n2)nc(=O)c2c(C(=O)OC)cc(C3CC3)nc21. The Morgan fingerprint density at radius 3 is 2.73 bits per heavy atom. The van der Waals surface area contributed by atoms with Crippen LogP contribution in [0.1, 0.15) is 47.4 Å². The van der Waals surface area contributed by atoms with E-state index in [4.69, 9.17) is 9.72 Å². The number of ether oxygens (including phenoxy) is 1. The second kappa shape index (κ2) is 8.43. The van der Waals surface area contributed by atoms with Crippen molar-refractivity contribution >= 4 is 34.4 Å². The van der Waals surface area contributed by atoms with Crippen molar-refractivity contribution in [1.29, 1.82) is 0 Å². The molecule has 1 saturated carbocycles. The minimum Gasteiger partial charge on any atom is -0.465 e. The van der Waals surface area contributed by atoms with E-state index >= 15 is 0 Å². The Hall–Kier alpha value is -3.53. The summed E-state index contributed by atoms with van der Waals surface area (Å²) >= 11 is 1.31. The number of carbonyl (C=O) groups excluding carboxylic acids is 1. The highest BCUT2D eigenvalue weighted by Gasteiger charge is 2.29. The van der Waals surface area contributed by atoms with Crippen molar-refractivity contribution in [2.24, 2.45) is 0 Å². The molecule has 1 aliphatic carbocycles. The van der Waals surface area contributed by atoms with E-state index in [1.165, 1.54) is 29.3 Å². The zero-order valence-electron chi connectivity index (χ0n) is 18.1. The number of hydrogen-bond acceptors (Lipinski definition) is 8. The zero-order valence-corrected chi connectivity index (χ0v) is 19.0. The van der Waals surface area contributed by atoms with Gasteiger partial charge in [0.05, 0.1) is 23.8 Å². The maximum atomic E-state index is 13.0. The van der Waals surface area contributed by atoms with Crippen LogP contribution in [0.2, 0.25) is 0 Å². The average molecular weight is 464 g/mol. The quantitative estimate of drug-likeness (QED) is 0.244. The van der Waals surface area contributed by atoms with Gasteiger partial charge in [-0.05, 0) is 38.0 Å². The van der Waals surface area contributed by atoms with E-state index in [0.29, 0.717) is 34.4 Å². The Balaban J connectivity index is 1.59. The number of nitrogens with zero attached hydrogens (tertiary/aromatic N) is 5. The summed E-state index contributed by atoms with van der Waals surface area (Å²) in [6.07, 6.45) is 3.68. The molecule has 0 atom stereocenters. The first-order valence-electron chi connectivity index (χ1n) is 10.6. The molecule has 0 radical (unpaired) electrons. The van der Waals surface area contributed by atoms with Crippen LogP contribution in [0.15, 0.2) is 51.3 Å². The van der Waals surface area contributed by atoms with Crippen molar-refractivity contribution in [2.45, 2.75) is 43.1 Å². The zero-order chi connectivity index (χ0) is 23.1. The molecule has 0 unspecified atom stereocenters. The van der Waals surface area contributed by atoms with Gasteiger partial charge in [-0.2, -0.15) is 4.98 Å². The topological polar surface area (TPSA) is 108 Å². The number of thioether (sulfide) groups is 1. The van der Waals surface area contributed by atoms with Crippen molar-refractivity contribution in [1.82, 2.24) is 23.9 Å². The van der Waals surface area contributed by atoms with Crippen LogP contribution in [0, 0.1) is 0 Å². The number of rotatable bonds is 6. The molecule has 5 rings (SSSR count). The predicted octanol–water partition coefficient (Wildman–Crippen LogP) is 2.78. The van der Waals surface area contributed by atoms with E-state index in [9.17, 15) is 14.4 Å². The molecule has 0 amide bonds. The molecular weight excluding hydrogens is 442 g/mol. The Morgan fingerprint density at radius 2 is 2.00 bits per heavy atom. The molecule has 9 nitrogen and oxygen atoms in total.